The minimum atomic E-state index is 0.405. The molecule has 5 heteroatoms. The van der Waals surface area contributed by atoms with Gasteiger partial charge in [0.15, 0.2) is 0 Å². The summed E-state index contributed by atoms with van der Waals surface area (Å²) in [5, 5.41) is 3.30. The predicted molar refractivity (Wildman–Crippen MR) is 84.2 cm³/mol. The Morgan fingerprint density at radius 2 is 2.22 bits per heavy atom. The van der Waals surface area contributed by atoms with Crippen molar-refractivity contribution in [1.82, 2.24) is 0 Å². The molecule has 18 heavy (non-hydrogen) atoms. The summed E-state index contributed by atoms with van der Waals surface area (Å²) in [6.07, 6.45) is 0. The van der Waals surface area contributed by atoms with Crippen LogP contribution in [0.15, 0.2) is 22.7 Å². The highest BCUT2D eigenvalue weighted by Gasteiger charge is 2.02. The van der Waals surface area contributed by atoms with Crippen molar-refractivity contribution in [2.24, 2.45) is 11.7 Å². The molecule has 3 N–H and O–H groups in total. The van der Waals surface area contributed by atoms with E-state index >= 15 is 0 Å². The molecular weight excluding hydrogens is 312 g/mol. The summed E-state index contributed by atoms with van der Waals surface area (Å²) in [7, 11) is 0. The monoisotopic (exact) mass is 330 g/mol. The Hall–Kier alpha value is -0.650. The molecule has 0 amide bonds. The standard InChI is InChI=1S/C13H19BrN2OS/c1-9(2)8-17-6-5-16-12-4-3-10(13(15)18)7-11(12)14/h3-4,7,9,16H,5-6,8H2,1-2H3,(H2,15,18). The summed E-state index contributed by atoms with van der Waals surface area (Å²) in [5.41, 5.74) is 7.45. The molecule has 1 aromatic carbocycles. The molecule has 100 valence electrons. The number of hydrogen-bond donors (Lipinski definition) is 2. The second-order valence-electron chi connectivity index (χ2n) is 4.45. The van der Waals surface area contributed by atoms with Crippen molar-refractivity contribution in [3.63, 3.8) is 0 Å². The lowest BCUT2D eigenvalue weighted by Gasteiger charge is -2.11. The van der Waals surface area contributed by atoms with E-state index in [1.165, 1.54) is 0 Å². The lowest BCUT2D eigenvalue weighted by atomic mass is 10.2. The zero-order valence-electron chi connectivity index (χ0n) is 10.7. The third kappa shape index (κ3) is 5.33. The molecule has 0 aliphatic carbocycles. The molecule has 0 saturated carbocycles. The number of anilines is 1. The lowest BCUT2D eigenvalue weighted by molar-refractivity contribution is 0.118. The normalized spacial score (nSPS) is 10.7. The molecule has 1 aromatic rings. The summed E-state index contributed by atoms with van der Waals surface area (Å²) >= 11 is 8.42. The van der Waals surface area contributed by atoms with Crippen LogP contribution >= 0.6 is 28.1 Å². The van der Waals surface area contributed by atoms with Crippen LogP contribution in [0.2, 0.25) is 0 Å². The maximum atomic E-state index is 5.57. The van der Waals surface area contributed by atoms with Gasteiger partial charge in [0.05, 0.1) is 6.61 Å². The average Bonchev–Trinajstić information content (AvgIpc) is 2.29. The van der Waals surface area contributed by atoms with Crippen LogP contribution < -0.4 is 11.1 Å². The SMILES string of the molecule is CC(C)COCCNc1ccc(C(N)=S)cc1Br. The van der Waals surface area contributed by atoms with Gasteiger partial charge in [-0.15, -0.1) is 0 Å². The van der Waals surface area contributed by atoms with Gasteiger partial charge in [-0.25, -0.2) is 0 Å². The van der Waals surface area contributed by atoms with Gasteiger partial charge in [-0.2, -0.15) is 0 Å². The third-order valence-corrected chi connectivity index (χ3v) is 3.16. The smallest absolute Gasteiger partial charge is 0.104 e. The van der Waals surface area contributed by atoms with Crippen molar-refractivity contribution in [3.8, 4) is 0 Å². The van der Waals surface area contributed by atoms with Crippen LogP contribution in [0, 0.1) is 5.92 Å². The van der Waals surface area contributed by atoms with Crippen LogP contribution in [0.4, 0.5) is 5.69 Å². The van der Waals surface area contributed by atoms with E-state index in [1.807, 2.05) is 18.2 Å². The highest BCUT2D eigenvalue weighted by atomic mass is 79.9. The number of nitrogens with two attached hydrogens (primary N) is 1. The molecule has 0 spiro atoms. The number of thiocarbonyl (C=S) groups is 1. The zero-order valence-corrected chi connectivity index (χ0v) is 13.1. The Bertz CT molecular complexity index is 410. The molecule has 0 bridgehead atoms. The number of rotatable bonds is 7. The van der Waals surface area contributed by atoms with Gasteiger partial charge in [0.2, 0.25) is 0 Å². The first-order valence-electron chi connectivity index (χ1n) is 5.91. The van der Waals surface area contributed by atoms with E-state index in [0.717, 1.165) is 28.9 Å². The van der Waals surface area contributed by atoms with Crippen LogP contribution in [-0.2, 0) is 4.74 Å². The van der Waals surface area contributed by atoms with Crippen LogP contribution in [0.3, 0.4) is 0 Å². The van der Waals surface area contributed by atoms with E-state index in [1.54, 1.807) is 0 Å². The van der Waals surface area contributed by atoms with Gasteiger partial charge in [0, 0.05) is 28.9 Å². The Morgan fingerprint density at radius 1 is 1.50 bits per heavy atom. The predicted octanol–water partition coefficient (Wildman–Crippen LogP) is 3.17. The van der Waals surface area contributed by atoms with Crippen LogP contribution in [0.25, 0.3) is 0 Å². The largest absolute Gasteiger partial charge is 0.389 e. The van der Waals surface area contributed by atoms with Crippen LogP contribution in [0.5, 0.6) is 0 Å². The van der Waals surface area contributed by atoms with E-state index in [-0.39, 0.29) is 0 Å². The number of nitrogens with one attached hydrogen (secondary N) is 1. The van der Waals surface area contributed by atoms with Crippen molar-refractivity contribution in [2.75, 3.05) is 25.1 Å². The second kappa shape index (κ2) is 7.71. The average molecular weight is 331 g/mol. The Kier molecular flexibility index (Phi) is 6.60. The van der Waals surface area contributed by atoms with Crippen molar-refractivity contribution >= 4 is 38.8 Å². The maximum Gasteiger partial charge on any atom is 0.104 e. The van der Waals surface area contributed by atoms with Crippen LogP contribution in [-0.4, -0.2) is 24.7 Å². The molecule has 1 rings (SSSR count). The Morgan fingerprint density at radius 3 is 2.78 bits per heavy atom. The Labute approximate surface area is 122 Å². The molecular formula is C13H19BrN2OS. The van der Waals surface area contributed by atoms with Gasteiger partial charge in [-0.05, 0) is 40.0 Å². The van der Waals surface area contributed by atoms with Crippen molar-refractivity contribution in [1.29, 1.82) is 0 Å². The summed E-state index contributed by atoms with van der Waals surface area (Å²) in [4.78, 5) is 0.405. The molecule has 0 fully saturated rings. The zero-order chi connectivity index (χ0) is 13.5. The molecule has 0 atom stereocenters. The first kappa shape index (κ1) is 15.4. The van der Waals surface area contributed by atoms with Crippen LogP contribution in [0.1, 0.15) is 19.4 Å². The van der Waals surface area contributed by atoms with E-state index in [0.29, 0.717) is 17.5 Å². The lowest BCUT2D eigenvalue weighted by Crippen LogP contribution is -2.13. The van der Waals surface area contributed by atoms with Gasteiger partial charge < -0.3 is 15.8 Å². The van der Waals surface area contributed by atoms with Gasteiger partial charge >= 0.3 is 0 Å². The molecule has 0 unspecified atom stereocenters. The van der Waals surface area contributed by atoms with Gasteiger partial charge in [-0.1, -0.05) is 26.1 Å². The van der Waals surface area contributed by atoms with Crippen molar-refractivity contribution in [2.45, 2.75) is 13.8 Å². The summed E-state index contributed by atoms with van der Waals surface area (Å²) in [5.74, 6) is 0.571. The van der Waals surface area contributed by atoms with Gasteiger partial charge in [0.1, 0.15) is 4.99 Å². The van der Waals surface area contributed by atoms with E-state index in [2.05, 4.69) is 35.1 Å². The summed E-state index contributed by atoms with van der Waals surface area (Å²) in [6.45, 7) is 6.54. The fourth-order valence-electron chi connectivity index (χ4n) is 1.39. The molecule has 0 aromatic heterocycles. The number of hydrogen-bond acceptors (Lipinski definition) is 3. The highest BCUT2D eigenvalue weighted by molar-refractivity contribution is 9.10. The maximum absolute atomic E-state index is 5.57. The minimum absolute atomic E-state index is 0.405. The number of benzene rings is 1. The molecule has 0 heterocycles. The highest BCUT2D eigenvalue weighted by Crippen LogP contribution is 2.23. The quantitative estimate of drug-likeness (QED) is 0.595. The van der Waals surface area contributed by atoms with Gasteiger partial charge in [0.25, 0.3) is 0 Å². The Balaban J connectivity index is 2.41. The molecule has 3 nitrogen and oxygen atoms in total. The third-order valence-electron chi connectivity index (χ3n) is 2.27. The fraction of sp³-hybridized carbons (Fsp3) is 0.462. The van der Waals surface area contributed by atoms with Gasteiger partial charge in [-0.3, -0.25) is 0 Å². The molecule has 0 saturated heterocycles. The molecule has 0 aliphatic rings. The second-order valence-corrected chi connectivity index (χ2v) is 5.75. The summed E-state index contributed by atoms with van der Waals surface area (Å²) in [6, 6.07) is 5.78. The molecule has 0 aliphatic heterocycles. The topological polar surface area (TPSA) is 47.3 Å². The van der Waals surface area contributed by atoms with Crippen molar-refractivity contribution < 1.29 is 4.74 Å². The first-order valence-corrected chi connectivity index (χ1v) is 7.11. The molecule has 0 radical (unpaired) electrons. The minimum Gasteiger partial charge on any atom is -0.389 e. The first-order chi connectivity index (χ1) is 8.50. The fourth-order valence-corrected chi connectivity index (χ4v) is 2.03. The van der Waals surface area contributed by atoms with Crippen molar-refractivity contribution in [3.05, 3.63) is 28.2 Å². The van der Waals surface area contributed by atoms with E-state index in [9.17, 15) is 0 Å². The summed E-state index contributed by atoms with van der Waals surface area (Å²) < 4.78 is 6.46. The number of ether oxygens (including phenoxy) is 1. The number of halogens is 1. The van der Waals surface area contributed by atoms with E-state index < -0.39 is 0 Å². The van der Waals surface area contributed by atoms with E-state index in [4.69, 9.17) is 22.7 Å².